The molecule has 0 amide bonds. The molecule has 0 bridgehead atoms. The second-order valence-electron chi connectivity index (χ2n) is 11.5. The van der Waals surface area contributed by atoms with Gasteiger partial charge in [-0.15, -0.1) is 0 Å². The van der Waals surface area contributed by atoms with Crippen molar-refractivity contribution >= 4 is 0 Å². The van der Waals surface area contributed by atoms with Crippen molar-refractivity contribution in [2.24, 2.45) is 0 Å². The molecular weight excluding hydrogens is 432 g/mol. The molecule has 0 spiro atoms. The van der Waals surface area contributed by atoms with E-state index in [1.165, 1.54) is 0 Å². The van der Waals surface area contributed by atoms with Gasteiger partial charge in [0.15, 0.2) is 0 Å². The fourth-order valence-corrected chi connectivity index (χ4v) is 2.61. The van der Waals surface area contributed by atoms with Crippen molar-refractivity contribution in [3.63, 3.8) is 0 Å². The van der Waals surface area contributed by atoms with Crippen molar-refractivity contribution in [3.8, 4) is 0 Å². The second-order valence-corrected chi connectivity index (χ2v) is 11.5. The third kappa shape index (κ3) is 15.1. The Kier molecular flexibility index (Phi) is 14.7. The molecule has 1 rings (SSSR count). The van der Waals surface area contributed by atoms with Crippen LogP contribution in [0.5, 0.6) is 0 Å². The van der Waals surface area contributed by atoms with Gasteiger partial charge in [-0.25, -0.2) is 29.3 Å². The van der Waals surface area contributed by atoms with Gasteiger partial charge >= 0.3 is 0 Å². The minimum atomic E-state index is -0.633. The predicted molar refractivity (Wildman–Crippen MR) is 138 cm³/mol. The minimum absolute atomic E-state index is 0.381. The van der Waals surface area contributed by atoms with E-state index in [9.17, 15) is 0 Å². The van der Waals surface area contributed by atoms with E-state index >= 15 is 0 Å². The van der Waals surface area contributed by atoms with Gasteiger partial charge in [0.1, 0.15) is 11.2 Å². The van der Waals surface area contributed by atoms with E-state index in [1.54, 1.807) is 0 Å². The first-order chi connectivity index (χ1) is 15.6. The van der Waals surface area contributed by atoms with Gasteiger partial charge in [-0.05, 0) is 93.2 Å². The van der Waals surface area contributed by atoms with Crippen LogP contribution < -0.4 is 0 Å². The summed E-state index contributed by atoms with van der Waals surface area (Å²) < 4.78 is 0. The molecule has 0 aliphatic rings. The topological polar surface area (TPSA) is 55.4 Å². The van der Waals surface area contributed by atoms with E-state index in [4.69, 9.17) is 29.3 Å². The maximum absolute atomic E-state index is 5.76. The largest absolute Gasteiger partial charge is 0.237 e. The summed E-state index contributed by atoms with van der Waals surface area (Å²) in [5.41, 5.74) is -0.0341. The standard InChI is InChI=1S/C20H34O4.C8H18O2/c1-17(2,3)21-23-19(7,8)15-13-11-12-14-16(15)20(9,10)24-22-18(4,5)6;1-3-5-7-9-10-8-6-4-2/h11-14H,1-10H3;3-8H2,1-2H3. The van der Waals surface area contributed by atoms with Crippen molar-refractivity contribution in [1.82, 2.24) is 0 Å². The molecule has 6 nitrogen and oxygen atoms in total. The lowest BCUT2D eigenvalue weighted by Gasteiger charge is -2.35. The molecule has 6 heteroatoms. The highest BCUT2D eigenvalue weighted by Crippen LogP contribution is 2.37. The Morgan fingerprint density at radius 1 is 0.529 bits per heavy atom. The number of unbranched alkanes of at least 4 members (excludes halogenated alkanes) is 2. The van der Waals surface area contributed by atoms with Gasteiger partial charge in [0.25, 0.3) is 0 Å². The maximum Gasteiger partial charge on any atom is 0.123 e. The quantitative estimate of drug-likeness (QED) is 0.160. The van der Waals surface area contributed by atoms with Crippen LogP contribution in [0.2, 0.25) is 0 Å². The Hall–Kier alpha value is -1.02. The molecule has 0 atom stereocenters. The minimum Gasteiger partial charge on any atom is -0.237 e. The first-order valence-corrected chi connectivity index (χ1v) is 12.6. The lowest BCUT2D eigenvalue weighted by Crippen LogP contribution is -2.34. The van der Waals surface area contributed by atoms with Crippen LogP contribution in [0.1, 0.15) is 120 Å². The van der Waals surface area contributed by atoms with Crippen LogP contribution >= 0.6 is 0 Å². The van der Waals surface area contributed by atoms with Gasteiger partial charge in [-0.1, -0.05) is 51.0 Å². The zero-order valence-corrected chi connectivity index (χ0v) is 24.0. The molecule has 0 heterocycles. The molecule has 1 aromatic rings. The van der Waals surface area contributed by atoms with Gasteiger partial charge in [-0.3, -0.25) is 0 Å². The summed E-state index contributed by atoms with van der Waals surface area (Å²) in [6.07, 6.45) is 4.51. The Morgan fingerprint density at radius 3 is 1.12 bits per heavy atom. The molecule has 0 fully saturated rings. The van der Waals surface area contributed by atoms with Crippen LogP contribution in [0.25, 0.3) is 0 Å². The molecule has 1 aromatic carbocycles. The number of benzene rings is 1. The van der Waals surface area contributed by atoms with Gasteiger partial charge < -0.3 is 0 Å². The van der Waals surface area contributed by atoms with E-state index in [0.717, 1.165) is 50.0 Å². The molecule has 34 heavy (non-hydrogen) atoms. The fraction of sp³-hybridized carbons (Fsp3) is 0.786. The first-order valence-electron chi connectivity index (χ1n) is 12.6. The van der Waals surface area contributed by atoms with E-state index in [0.29, 0.717) is 0 Å². The average molecular weight is 485 g/mol. The zero-order valence-electron chi connectivity index (χ0n) is 24.0. The normalized spacial score (nSPS) is 12.9. The van der Waals surface area contributed by atoms with Crippen molar-refractivity contribution in [3.05, 3.63) is 35.4 Å². The molecule has 0 saturated carbocycles. The highest BCUT2D eigenvalue weighted by molar-refractivity contribution is 5.35. The third-order valence-corrected chi connectivity index (χ3v) is 4.47. The molecule has 0 aliphatic carbocycles. The molecule has 0 unspecified atom stereocenters. The number of rotatable bonds is 13. The molecule has 200 valence electrons. The van der Waals surface area contributed by atoms with Crippen LogP contribution in [-0.2, 0) is 40.5 Å². The average Bonchev–Trinajstić information content (AvgIpc) is 2.73. The SMILES string of the molecule is CC(C)(C)OOC(C)(C)c1ccccc1C(C)(C)OOC(C)(C)C.CCCCOOCCCC. The Labute approximate surface area is 209 Å². The summed E-state index contributed by atoms with van der Waals surface area (Å²) in [5.74, 6) is 0. The van der Waals surface area contributed by atoms with Crippen LogP contribution in [0.4, 0.5) is 0 Å². The van der Waals surface area contributed by atoms with E-state index in [1.807, 2.05) is 93.5 Å². The van der Waals surface area contributed by atoms with E-state index < -0.39 is 11.2 Å². The molecule has 0 aromatic heterocycles. The highest BCUT2D eigenvalue weighted by atomic mass is 17.2. The van der Waals surface area contributed by atoms with Crippen LogP contribution in [0.3, 0.4) is 0 Å². The summed E-state index contributed by atoms with van der Waals surface area (Å²) >= 11 is 0. The third-order valence-electron chi connectivity index (χ3n) is 4.47. The summed E-state index contributed by atoms with van der Waals surface area (Å²) in [7, 11) is 0. The Bertz CT molecular complexity index is 599. The smallest absolute Gasteiger partial charge is 0.123 e. The van der Waals surface area contributed by atoms with Gasteiger partial charge in [0, 0.05) is 0 Å². The van der Waals surface area contributed by atoms with Gasteiger partial charge in [0.2, 0.25) is 0 Å². The fourth-order valence-electron chi connectivity index (χ4n) is 2.61. The Balaban J connectivity index is 0.000000916. The lowest BCUT2D eigenvalue weighted by atomic mass is 9.85. The van der Waals surface area contributed by atoms with Gasteiger partial charge in [0.05, 0.1) is 24.4 Å². The van der Waals surface area contributed by atoms with E-state index in [2.05, 4.69) is 13.8 Å². The lowest BCUT2D eigenvalue weighted by molar-refractivity contribution is -0.407. The van der Waals surface area contributed by atoms with Crippen LogP contribution in [-0.4, -0.2) is 24.4 Å². The molecule has 0 N–H and O–H groups in total. The summed E-state index contributed by atoms with van der Waals surface area (Å²) in [4.78, 5) is 32.4. The van der Waals surface area contributed by atoms with Crippen LogP contribution in [0, 0.1) is 0 Å². The molecule has 0 radical (unpaired) electrons. The predicted octanol–water partition coefficient (Wildman–Crippen LogP) is 8.19. The van der Waals surface area contributed by atoms with E-state index in [-0.39, 0.29) is 11.2 Å². The second kappa shape index (κ2) is 15.2. The maximum atomic E-state index is 5.76. The number of hydrogen-bond donors (Lipinski definition) is 0. The van der Waals surface area contributed by atoms with Crippen molar-refractivity contribution in [2.45, 2.75) is 131 Å². The molecule has 0 aliphatic heterocycles. The monoisotopic (exact) mass is 484 g/mol. The van der Waals surface area contributed by atoms with Crippen molar-refractivity contribution < 1.29 is 29.3 Å². The summed E-state index contributed by atoms with van der Waals surface area (Å²) in [6, 6.07) is 8.04. The van der Waals surface area contributed by atoms with Crippen LogP contribution in [0.15, 0.2) is 24.3 Å². The molecular formula is C28H52O6. The first kappa shape index (κ1) is 33.0. The van der Waals surface area contributed by atoms with Crippen molar-refractivity contribution in [1.29, 1.82) is 0 Å². The summed E-state index contributed by atoms with van der Waals surface area (Å²) in [6.45, 7) is 25.4. The zero-order chi connectivity index (χ0) is 26.5. The Morgan fingerprint density at radius 2 is 0.853 bits per heavy atom. The number of hydrogen-bond acceptors (Lipinski definition) is 6. The highest BCUT2D eigenvalue weighted by Gasteiger charge is 2.35. The molecule has 0 saturated heterocycles. The summed E-state index contributed by atoms with van der Waals surface area (Å²) in [5, 5.41) is 0. The van der Waals surface area contributed by atoms with Crippen molar-refractivity contribution in [2.75, 3.05) is 13.2 Å². The van der Waals surface area contributed by atoms with Gasteiger partial charge in [-0.2, -0.15) is 0 Å².